The SMILES string of the molecule is Cc1csc2nc(CN3CCC(N)C(C)C3)cc(=O)n12. The fourth-order valence-corrected chi connectivity index (χ4v) is 3.70. The molecule has 0 amide bonds. The summed E-state index contributed by atoms with van der Waals surface area (Å²) < 4.78 is 1.67. The van der Waals surface area contributed by atoms with Gasteiger partial charge < -0.3 is 5.73 Å². The van der Waals surface area contributed by atoms with E-state index in [4.69, 9.17) is 5.73 Å². The Morgan fingerprint density at radius 1 is 1.55 bits per heavy atom. The standard InChI is InChI=1S/C14H20N4OS/c1-9-6-17(4-3-12(9)15)7-11-5-13(19)18-10(2)8-20-14(18)16-11/h5,8-9,12H,3-4,6-7,15H2,1-2H3. The zero-order valence-electron chi connectivity index (χ0n) is 11.9. The average Bonchev–Trinajstić information content (AvgIpc) is 2.76. The number of hydrogen-bond acceptors (Lipinski definition) is 5. The van der Waals surface area contributed by atoms with E-state index < -0.39 is 0 Å². The zero-order valence-corrected chi connectivity index (χ0v) is 12.7. The van der Waals surface area contributed by atoms with E-state index in [0.29, 0.717) is 12.0 Å². The van der Waals surface area contributed by atoms with Gasteiger partial charge in [-0.3, -0.25) is 14.1 Å². The summed E-state index contributed by atoms with van der Waals surface area (Å²) in [7, 11) is 0. The van der Waals surface area contributed by atoms with Crippen molar-refractivity contribution in [1.29, 1.82) is 0 Å². The Morgan fingerprint density at radius 2 is 2.35 bits per heavy atom. The van der Waals surface area contributed by atoms with E-state index in [2.05, 4.69) is 16.8 Å². The highest BCUT2D eigenvalue weighted by Crippen LogP contribution is 2.17. The van der Waals surface area contributed by atoms with E-state index in [1.54, 1.807) is 10.5 Å². The monoisotopic (exact) mass is 292 g/mol. The number of piperidine rings is 1. The van der Waals surface area contributed by atoms with E-state index in [1.807, 2.05) is 12.3 Å². The van der Waals surface area contributed by atoms with Crippen LogP contribution in [0.2, 0.25) is 0 Å². The van der Waals surface area contributed by atoms with Crippen LogP contribution in [0.25, 0.3) is 4.96 Å². The second-order valence-electron chi connectivity index (χ2n) is 5.75. The normalized spacial score (nSPS) is 24.4. The molecule has 1 aliphatic rings. The number of aromatic nitrogens is 2. The topological polar surface area (TPSA) is 63.6 Å². The quantitative estimate of drug-likeness (QED) is 0.904. The van der Waals surface area contributed by atoms with Gasteiger partial charge >= 0.3 is 0 Å². The largest absolute Gasteiger partial charge is 0.327 e. The second-order valence-corrected chi connectivity index (χ2v) is 6.58. The summed E-state index contributed by atoms with van der Waals surface area (Å²) in [5.74, 6) is 0.498. The first-order valence-electron chi connectivity index (χ1n) is 6.99. The molecule has 0 aromatic carbocycles. The summed E-state index contributed by atoms with van der Waals surface area (Å²) in [6.07, 6.45) is 1.01. The smallest absolute Gasteiger partial charge is 0.259 e. The lowest BCUT2D eigenvalue weighted by atomic mass is 9.95. The fraction of sp³-hybridized carbons (Fsp3) is 0.571. The van der Waals surface area contributed by atoms with Crippen molar-refractivity contribution in [3.8, 4) is 0 Å². The van der Waals surface area contributed by atoms with E-state index in [0.717, 1.165) is 42.4 Å². The molecular weight excluding hydrogens is 272 g/mol. The predicted molar refractivity (Wildman–Crippen MR) is 81.1 cm³/mol. The van der Waals surface area contributed by atoms with Gasteiger partial charge in [0.05, 0.1) is 5.69 Å². The maximum atomic E-state index is 12.1. The Hall–Kier alpha value is -1.24. The molecule has 0 radical (unpaired) electrons. The molecule has 2 aromatic rings. The van der Waals surface area contributed by atoms with E-state index in [-0.39, 0.29) is 5.56 Å². The average molecular weight is 292 g/mol. The van der Waals surface area contributed by atoms with Gasteiger partial charge in [0.1, 0.15) is 0 Å². The summed E-state index contributed by atoms with van der Waals surface area (Å²) in [5.41, 5.74) is 7.87. The van der Waals surface area contributed by atoms with Crippen LogP contribution in [0.1, 0.15) is 24.7 Å². The molecule has 3 rings (SSSR count). The lowest BCUT2D eigenvalue weighted by Crippen LogP contribution is -2.45. The lowest BCUT2D eigenvalue weighted by molar-refractivity contribution is 0.156. The minimum absolute atomic E-state index is 0.0190. The van der Waals surface area contributed by atoms with Crippen molar-refractivity contribution in [2.75, 3.05) is 13.1 Å². The van der Waals surface area contributed by atoms with Gasteiger partial charge in [0, 0.05) is 42.8 Å². The van der Waals surface area contributed by atoms with Gasteiger partial charge in [0.15, 0.2) is 4.96 Å². The first-order valence-corrected chi connectivity index (χ1v) is 7.87. The minimum atomic E-state index is 0.0190. The van der Waals surface area contributed by atoms with Crippen molar-refractivity contribution >= 4 is 16.3 Å². The molecule has 5 nitrogen and oxygen atoms in total. The third kappa shape index (κ3) is 2.51. The summed E-state index contributed by atoms with van der Waals surface area (Å²) in [5, 5.41) is 1.97. The number of likely N-dealkylation sites (tertiary alicyclic amines) is 1. The number of nitrogens with zero attached hydrogens (tertiary/aromatic N) is 3. The van der Waals surface area contributed by atoms with E-state index >= 15 is 0 Å². The van der Waals surface area contributed by atoms with Crippen molar-refractivity contribution in [2.45, 2.75) is 32.9 Å². The first-order chi connectivity index (χ1) is 9.54. The van der Waals surface area contributed by atoms with Gasteiger partial charge in [-0.15, -0.1) is 11.3 Å². The molecule has 0 aliphatic carbocycles. The van der Waals surface area contributed by atoms with Crippen LogP contribution in [-0.2, 0) is 6.54 Å². The van der Waals surface area contributed by atoms with E-state index in [9.17, 15) is 4.79 Å². The maximum Gasteiger partial charge on any atom is 0.259 e. The summed E-state index contributed by atoms with van der Waals surface area (Å²) >= 11 is 1.52. The third-order valence-electron chi connectivity index (χ3n) is 4.07. The van der Waals surface area contributed by atoms with Crippen molar-refractivity contribution in [1.82, 2.24) is 14.3 Å². The van der Waals surface area contributed by atoms with Crippen molar-refractivity contribution in [2.24, 2.45) is 11.7 Å². The molecule has 2 unspecified atom stereocenters. The summed E-state index contributed by atoms with van der Waals surface area (Å²) in [4.78, 5) is 19.9. The zero-order chi connectivity index (χ0) is 14.3. The van der Waals surface area contributed by atoms with Crippen molar-refractivity contribution in [3.05, 3.63) is 33.2 Å². The Morgan fingerprint density at radius 3 is 3.10 bits per heavy atom. The van der Waals surface area contributed by atoms with E-state index in [1.165, 1.54) is 11.3 Å². The van der Waals surface area contributed by atoms with Crippen LogP contribution >= 0.6 is 11.3 Å². The Balaban J connectivity index is 1.83. The summed E-state index contributed by atoms with van der Waals surface area (Å²) in [6, 6.07) is 1.96. The van der Waals surface area contributed by atoms with Crippen LogP contribution < -0.4 is 11.3 Å². The highest BCUT2D eigenvalue weighted by molar-refractivity contribution is 7.15. The molecule has 20 heavy (non-hydrogen) atoms. The van der Waals surface area contributed by atoms with Crippen LogP contribution in [0.15, 0.2) is 16.2 Å². The number of rotatable bonds is 2. The number of hydrogen-bond donors (Lipinski definition) is 1. The maximum absolute atomic E-state index is 12.1. The van der Waals surface area contributed by atoms with Crippen molar-refractivity contribution in [3.63, 3.8) is 0 Å². The number of nitrogens with two attached hydrogens (primary N) is 1. The molecule has 2 aromatic heterocycles. The van der Waals surface area contributed by atoms with Crippen LogP contribution in [0.4, 0.5) is 0 Å². The predicted octanol–water partition coefficient (Wildman–Crippen LogP) is 1.23. The summed E-state index contributed by atoms with van der Waals surface area (Å²) in [6.45, 7) is 6.81. The number of thiazole rings is 1. The van der Waals surface area contributed by atoms with Gasteiger partial charge in [0.25, 0.3) is 5.56 Å². The van der Waals surface area contributed by atoms with Crippen LogP contribution in [0, 0.1) is 12.8 Å². The molecule has 0 saturated carbocycles. The Labute approximate surface area is 122 Å². The van der Waals surface area contributed by atoms with Gasteiger partial charge in [-0.1, -0.05) is 6.92 Å². The van der Waals surface area contributed by atoms with Gasteiger partial charge in [0.2, 0.25) is 0 Å². The molecule has 0 bridgehead atoms. The molecule has 3 heterocycles. The highest BCUT2D eigenvalue weighted by atomic mass is 32.1. The molecule has 2 N–H and O–H groups in total. The molecular formula is C14H20N4OS. The first kappa shape index (κ1) is 13.7. The molecule has 1 fully saturated rings. The molecule has 108 valence electrons. The minimum Gasteiger partial charge on any atom is -0.327 e. The number of aryl methyl sites for hydroxylation is 1. The van der Waals surface area contributed by atoms with Gasteiger partial charge in [-0.05, 0) is 19.3 Å². The third-order valence-corrected chi connectivity index (χ3v) is 5.01. The highest BCUT2D eigenvalue weighted by Gasteiger charge is 2.23. The Kier molecular flexibility index (Phi) is 3.62. The van der Waals surface area contributed by atoms with Crippen LogP contribution in [0.5, 0.6) is 0 Å². The van der Waals surface area contributed by atoms with Crippen molar-refractivity contribution < 1.29 is 0 Å². The molecule has 1 aliphatic heterocycles. The van der Waals surface area contributed by atoms with Crippen LogP contribution in [-0.4, -0.2) is 33.4 Å². The number of fused-ring (bicyclic) bond motifs is 1. The Bertz CT molecular complexity index is 677. The van der Waals surface area contributed by atoms with Gasteiger partial charge in [-0.25, -0.2) is 4.98 Å². The second kappa shape index (κ2) is 5.27. The molecule has 1 saturated heterocycles. The lowest BCUT2D eigenvalue weighted by Gasteiger charge is -2.34. The fourth-order valence-electron chi connectivity index (χ4n) is 2.80. The van der Waals surface area contributed by atoms with Crippen LogP contribution in [0.3, 0.4) is 0 Å². The van der Waals surface area contributed by atoms with Gasteiger partial charge in [-0.2, -0.15) is 0 Å². The molecule has 2 atom stereocenters. The molecule has 0 spiro atoms. The molecule has 6 heteroatoms.